The Kier molecular flexibility index (Phi) is 4.11. The lowest BCUT2D eigenvalue weighted by Gasteiger charge is -2.10. The fraction of sp³-hybridized carbons (Fsp3) is 0.188. The van der Waals surface area contributed by atoms with E-state index < -0.39 is 0 Å². The largest absolute Gasteiger partial charge is 0.489 e. The zero-order valence-corrected chi connectivity index (χ0v) is 11.4. The highest BCUT2D eigenvalue weighted by molar-refractivity contribution is 5.94. The molecule has 0 unspecified atom stereocenters. The molecule has 0 amide bonds. The van der Waals surface area contributed by atoms with Crippen molar-refractivity contribution in [3.05, 3.63) is 58.9 Å². The molecule has 4 nitrogen and oxygen atoms in total. The molecule has 2 aromatic rings. The quantitative estimate of drug-likeness (QED) is 0.798. The van der Waals surface area contributed by atoms with Crippen LogP contribution in [0.3, 0.4) is 0 Å². The van der Waals surface area contributed by atoms with E-state index in [1.165, 1.54) is 6.92 Å². The maximum Gasteiger partial charge on any atom is 0.159 e. The molecule has 100 valence electrons. The summed E-state index contributed by atoms with van der Waals surface area (Å²) < 4.78 is 5.70. The summed E-state index contributed by atoms with van der Waals surface area (Å²) in [5, 5.41) is 8.96. The molecule has 20 heavy (non-hydrogen) atoms. The number of pyridine rings is 1. The van der Waals surface area contributed by atoms with Crippen LogP contribution in [0.5, 0.6) is 5.75 Å². The van der Waals surface area contributed by atoms with Gasteiger partial charge in [-0.25, -0.2) is 4.98 Å². The molecule has 1 aromatic heterocycles. The third-order valence-corrected chi connectivity index (χ3v) is 2.96. The van der Waals surface area contributed by atoms with Gasteiger partial charge in [0.1, 0.15) is 24.1 Å². The lowest BCUT2D eigenvalue weighted by atomic mass is 10.1. The van der Waals surface area contributed by atoms with Crippen LogP contribution >= 0.6 is 0 Å². The van der Waals surface area contributed by atoms with Crippen LogP contribution in [0.1, 0.15) is 34.1 Å². The average molecular weight is 266 g/mol. The number of nitrogens with zero attached hydrogens (tertiary/aromatic N) is 2. The summed E-state index contributed by atoms with van der Waals surface area (Å²) in [6.07, 6.45) is 1.58. The standard InChI is InChI=1S/C16H14N2O2/c1-11-8-13(12(2)19)5-6-16(11)20-10-14-4-3-7-18-15(14)9-17/h3-8H,10H2,1-2H3. The van der Waals surface area contributed by atoms with Gasteiger partial charge in [-0.3, -0.25) is 4.79 Å². The third kappa shape index (κ3) is 3.01. The van der Waals surface area contributed by atoms with E-state index in [4.69, 9.17) is 10.00 Å². The molecule has 0 aliphatic rings. The van der Waals surface area contributed by atoms with Crippen molar-refractivity contribution in [3.8, 4) is 11.8 Å². The van der Waals surface area contributed by atoms with Gasteiger partial charge in [0, 0.05) is 17.3 Å². The minimum atomic E-state index is 0.0266. The summed E-state index contributed by atoms with van der Waals surface area (Å²) >= 11 is 0. The van der Waals surface area contributed by atoms with Gasteiger partial charge in [-0.15, -0.1) is 0 Å². The van der Waals surface area contributed by atoms with Gasteiger partial charge in [0.25, 0.3) is 0 Å². The number of nitriles is 1. The highest BCUT2D eigenvalue weighted by Crippen LogP contribution is 2.21. The summed E-state index contributed by atoms with van der Waals surface area (Å²) in [6, 6.07) is 10.9. The summed E-state index contributed by atoms with van der Waals surface area (Å²) in [5.74, 6) is 0.724. The number of hydrogen-bond donors (Lipinski definition) is 0. The van der Waals surface area contributed by atoms with Gasteiger partial charge in [0.05, 0.1) is 0 Å². The van der Waals surface area contributed by atoms with E-state index in [0.29, 0.717) is 17.0 Å². The molecule has 0 spiro atoms. The average Bonchev–Trinajstić information content (AvgIpc) is 2.46. The normalized spacial score (nSPS) is 9.85. The molecule has 2 rings (SSSR count). The zero-order valence-electron chi connectivity index (χ0n) is 11.4. The Hall–Kier alpha value is -2.67. The molecule has 0 N–H and O–H groups in total. The second kappa shape index (κ2) is 5.98. The highest BCUT2D eigenvalue weighted by atomic mass is 16.5. The lowest BCUT2D eigenvalue weighted by Crippen LogP contribution is -2.01. The third-order valence-electron chi connectivity index (χ3n) is 2.96. The second-order valence-electron chi connectivity index (χ2n) is 4.45. The summed E-state index contributed by atoms with van der Waals surface area (Å²) in [4.78, 5) is 15.3. The topological polar surface area (TPSA) is 63.0 Å². The first-order valence-corrected chi connectivity index (χ1v) is 6.20. The highest BCUT2D eigenvalue weighted by Gasteiger charge is 2.07. The van der Waals surface area contributed by atoms with Gasteiger partial charge in [-0.2, -0.15) is 5.26 Å². The van der Waals surface area contributed by atoms with Crippen LogP contribution in [-0.4, -0.2) is 10.8 Å². The minimum absolute atomic E-state index is 0.0266. The lowest BCUT2D eigenvalue weighted by molar-refractivity contribution is 0.101. The number of aryl methyl sites for hydroxylation is 1. The predicted molar refractivity (Wildman–Crippen MR) is 74.5 cm³/mol. The van der Waals surface area contributed by atoms with Gasteiger partial charge < -0.3 is 4.74 Å². The maximum absolute atomic E-state index is 11.3. The minimum Gasteiger partial charge on any atom is -0.489 e. The number of carbonyl (C=O) groups excluding carboxylic acids is 1. The van der Waals surface area contributed by atoms with E-state index in [1.807, 2.05) is 19.1 Å². The first-order chi connectivity index (χ1) is 9.61. The predicted octanol–water partition coefficient (Wildman–Crippen LogP) is 3.04. The van der Waals surface area contributed by atoms with Crippen molar-refractivity contribution >= 4 is 5.78 Å². The van der Waals surface area contributed by atoms with Crippen molar-refractivity contribution in [2.75, 3.05) is 0 Å². The van der Waals surface area contributed by atoms with Crippen LogP contribution in [0.2, 0.25) is 0 Å². The van der Waals surface area contributed by atoms with Gasteiger partial charge in [-0.1, -0.05) is 6.07 Å². The Morgan fingerprint density at radius 3 is 2.85 bits per heavy atom. The molecule has 1 aromatic carbocycles. The smallest absolute Gasteiger partial charge is 0.159 e. The molecule has 0 aliphatic carbocycles. The monoisotopic (exact) mass is 266 g/mol. The first kappa shape index (κ1) is 13.8. The number of ether oxygens (including phenoxy) is 1. The van der Waals surface area contributed by atoms with E-state index in [-0.39, 0.29) is 12.4 Å². The molecule has 0 bridgehead atoms. The Labute approximate surface area is 117 Å². The van der Waals surface area contributed by atoms with E-state index in [9.17, 15) is 4.79 Å². The van der Waals surface area contributed by atoms with E-state index in [2.05, 4.69) is 4.98 Å². The maximum atomic E-state index is 11.3. The number of Topliss-reactive ketones (excluding diaryl/α,β-unsaturated/α-hetero) is 1. The summed E-state index contributed by atoms with van der Waals surface area (Å²) in [6.45, 7) is 3.69. The van der Waals surface area contributed by atoms with Gasteiger partial charge in [-0.05, 0) is 43.7 Å². The second-order valence-corrected chi connectivity index (χ2v) is 4.45. The van der Waals surface area contributed by atoms with E-state index >= 15 is 0 Å². The van der Waals surface area contributed by atoms with Crippen molar-refractivity contribution in [2.45, 2.75) is 20.5 Å². The summed E-state index contributed by atoms with van der Waals surface area (Å²) in [5.41, 5.74) is 2.66. The Morgan fingerprint density at radius 1 is 1.40 bits per heavy atom. The molecular formula is C16H14N2O2. The number of aromatic nitrogens is 1. The fourth-order valence-corrected chi connectivity index (χ4v) is 1.84. The van der Waals surface area contributed by atoms with Crippen LogP contribution in [0.15, 0.2) is 36.5 Å². The van der Waals surface area contributed by atoms with Crippen LogP contribution in [0.25, 0.3) is 0 Å². The molecule has 0 atom stereocenters. The summed E-state index contributed by atoms with van der Waals surface area (Å²) in [7, 11) is 0. The molecule has 0 radical (unpaired) electrons. The van der Waals surface area contributed by atoms with Crippen molar-refractivity contribution < 1.29 is 9.53 Å². The molecule has 0 aliphatic heterocycles. The number of ketones is 1. The number of rotatable bonds is 4. The molecule has 0 saturated heterocycles. The van der Waals surface area contributed by atoms with Gasteiger partial charge in [0.2, 0.25) is 0 Å². The van der Waals surface area contributed by atoms with Crippen molar-refractivity contribution in [3.63, 3.8) is 0 Å². The Bertz CT molecular complexity index is 687. The zero-order chi connectivity index (χ0) is 14.5. The van der Waals surface area contributed by atoms with Gasteiger partial charge >= 0.3 is 0 Å². The molecular weight excluding hydrogens is 252 g/mol. The van der Waals surface area contributed by atoms with Crippen molar-refractivity contribution in [1.29, 1.82) is 5.26 Å². The molecule has 0 saturated carbocycles. The van der Waals surface area contributed by atoms with Crippen LogP contribution in [0, 0.1) is 18.3 Å². The number of benzene rings is 1. The molecule has 1 heterocycles. The number of hydrogen-bond acceptors (Lipinski definition) is 4. The Balaban J connectivity index is 2.16. The van der Waals surface area contributed by atoms with Gasteiger partial charge in [0.15, 0.2) is 5.78 Å². The van der Waals surface area contributed by atoms with E-state index in [0.717, 1.165) is 11.1 Å². The SMILES string of the molecule is CC(=O)c1ccc(OCc2cccnc2C#N)c(C)c1. The first-order valence-electron chi connectivity index (χ1n) is 6.20. The van der Waals surface area contributed by atoms with Crippen LogP contribution in [-0.2, 0) is 6.61 Å². The molecule has 0 fully saturated rings. The molecule has 4 heteroatoms. The fourth-order valence-electron chi connectivity index (χ4n) is 1.84. The van der Waals surface area contributed by atoms with Crippen LogP contribution < -0.4 is 4.74 Å². The Morgan fingerprint density at radius 2 is 2.20 bits per heavy atom. The van der Waals surface area contributed by atoms with Crippen LogP contribution in [0.4, 0.5) is 0 Å². The van der Waals surface area contributed by atoms with E-state index in [1.54, 1.807) is 30.5 Å². The number of carbonyl (C=O) groups is 1. The van der Waals surface area contributed by atoms with Crippen molar-refractivity contribution in [2.24, 2.45) is 0 Å². The van der Waals surface area contributed by atoms with Crippen molar-refractivity contribution in [1.82, 2.24) is 4.98 Å².